The first-order valence-corrected chi connectivity index (χ1v) is 9.36. The number of piperidine rings is 1. The van der Waals surface area contributed by atoms with E-state index in [9.17, 15) is 9.59 Å². The number of amides is 2. The minimum Gasteiger partial charge on any atom is -0.338 e. The molecule has 0 aromatic heterocycles. The third kappa shape index (κ3) is 2.52. The van der Waals surface area contributed by atoms with E-state index in [2.05, 4.69) is 11.0 Å². The molecule has 2 fully saturated rings. The van der Waals surface area contributed by atoms with Gasteiger partial charge in [0.1, 0.15) is 0 Å². The van der Waals surface area contributed by atoms with Gasteiger partial charge in [-0.3, -0.25) is 9.59 Å². The molecule has 2 aliphatic heterocycles. The van der Waals surface area contributed by atoms with E-state index in [1.54, 1.807) is 6.92 Å². The van der Waals surface area contributed by atoms with Crippen LogP contribution in [0.3, 0.4) is 0 Å². The van der Waals surface area contributed by atoms with Gasteiger partial charge in [-0.05, 0) is 62.1 Å². The molecule has 2 amide bonds. The fourth-order valence-electron chi connectivity index (χ4n) is 4.97. The molecule has 0 saturated carbocycles. The maximum Gasteiger partial charge on any atom is 0.254 e. The van der Waals surface area contributed by atoms with Crippen LogP contribution in [0.25, 0.3) is 0 Å². The van der Waals surface area contributed by atoms with Gasteiger partial charge in [0, 0.05) is 25.6 Å². The summed E-state index contributed by atoms with van der Waals surface area (Å²) in [6.45, 7) is 3.27. The number of hydrogen-bond donors (Lipinski definition) is 0. The summed E-state index contributed by atoms with van der Waals surface area (Å²) in [4.78, 5) is 29.2. The van der Waals surface area contributed by atoms with Crippen LogP contribution in [0.4, 0.5) is 0 Å². The SMILES string of the molecule is CC(=O)N1CCC2C1CCCN2C(=O)c1cccc2c1CCCC2. The Hall–Kier alpha value is -1.84. The number of nitrogens with zero attached hydrogens (tertiary/aromatic N) is 2. The minimum absolute atomic E-state index is 0.147. The summed E-state index contributed by atoms with van der Waals surface area (Å²) in [7, 11) is 0. The Morgan fingerprint density at radius 2 is 1.75 bits per heavy atom. The largest absolute Gasteiger partial charge is 0.338 e. The van der Waals surface area contributed by atoms with Crippen LogP contribution in [0.1, 0.15) is 60.5 Å². The maximum atomic E-state index is 13.3. The quantitative estimate of drug-likeness (QED) is 0.796. The lowest BCUT2D eigenvalue weighted by Crippen LogP contribution is -2.52. The van der Waals surface area contributed by atoms with Gasteiger partial charge < -0.3 is 9.80 Å². The number of rotatable bonds is 1. The molecule has 2 unspecified atom stereocenters. The number of hydrogen-bond acceptors (Lipinski definition) is 2. The lowest BCUT2D eigenvalue weighted by Gasteiger charge is -2.40. The fraction of sp³-hybridized carbons (Fsp3) is 0.600. The van der Waals surface area contributed by atoms with Crippen molar-refractivity contribution in [1.29, 1.82) is 0 Å². The molecule has 4 heteroatoms. The van der Waals surface area contributed by atoms with Crippen molar-refractivity contribution in [3.05, 3.63) is 34.9 Å². The van der Waals surface area contributed by atoms with E-state index in [1.807, 2.05) is 17.0 Å². The lowest BCUT2D eigenvalue weighted by molar-refractivity contribution is -0.130. The third-order valence-electron chi connectivity index (χ3n) is 6.10. The number of carbonyl (C=O) groups is 2. The number of fused-ring (bicyclic) bond motifs is 2. The average Bonchev–Trinajstić information content (AvgIpc) is 3.05. The molecule has 2 heterocycles. The van der Waals surface area contributed by atoms with E-state index < -0.39 is 0 Å². The van der Waals surface area contributed by atoms with Gasteiger partial charge in [-0.1, -0.05) is 12.1 Å². The van der Waals surface area contributed by atoms with Crippen LogP contribution in [0.5, 0.6) is 0 Å². The van der Waals surface area contributed by atoms with Gasteiger partial charge in [0.05, 0.1) is 12.1 Å². The highest BCUT2D eigenvalue weighted by Gasteiger charge is 2.43. The normalized spacial score (nSPS) is 26.0. The highest BCUT2D eigenvalue weighted by Crippen LogP contribution is 2.33. The summed E-state index contributed by atoms with van der Waals surface area (Å²) in [6, 6.07) is 6.65. The molecule has 2 atom stereocenters. The molecule has 2 saturated heterocycles. The Morgan fingerprint density at radius 1 is 0.958 bits per heavy atom. The van der Waals surface area contributed by atoms with Gasteiger partial charge in [-0.25, -0.2) is 0 Å². The number of likely N-dealkylation sites (tertiary alicyclic amines) is 2. The van der Waals surface area contributed by atoms with E-state index in [4.69, 9.17) is 0 Å². The van der Waals surface area contributed by atoms with Crippen LogP contribution in [0.15, 0.2) is 18.2 Å². The molecule has 1 aromatic carbocycles. The summed E-state index contributed by atoms with van der Waals surface area (Å²) < 4.78 is 0. The van der Waals surface area contributed by atoms with Gasteiger partial charge in [0.25, 0.3) is 5.91 Å². The Balaban J connectivity index is 1.62. The molecule has 1 aliphatic carbocycles. The van der Waals surface area contributed by atoms with Crippen LogP contribution in [0.2, 0.25) is 0 Å². The topological polar surface area (TPSA) is 40.6 Å². The van der Waals surface area contributed by atoms with Crippen molar-refractivity contribution in [2.24, 2.45) is 0 Å². The smallest absolute Gasteiger partial charge is 0.254 e. The van der Waals surface area contributed by atoms with Crippen LogP contribution < -0.4 is 0 Å². The van der Waals surface area contributed by atoms with Crippen molar-refractivity contribution in [3.63, 3.8) is 0 Å². The van der Waals surface area contributed by atoms with Gasteiger partial charge in [0.15, 0.2) is 0 Å². The molecule has 0 bridgehead atoms. The molecule has 128 valence electrons. The van der Waals surface area contributed by atoms with Crippen LogP contribution in [-0.2, 0) is 17.6 Å². The van der Waals surface area contributed by atoms with Gasteiger partial charge in [-0.2, -0.15) is 0 Å². The van der Waals surface area contributed by atoms with E-state index in [0.29, 0.717) is 0 Å². The zero-order valence-corrected chi connectivity index (χ0v) is 14.5. The first-order chi connectivity index (χ1) is 11.7. The molecule has 0 radical (unpaired) electrons. The summed E-state index contributed by atoms with van der Waals surface area (Å²) in [5, 5.41) is 0. The zero-order valence-electron chi connectivity index (χ0n) is 14.5. The monoisotopic (exact) mass is 326 g/mol. The summed E-state index contributed by atoms with van der Waals surface area (Å²) in [5.74, 6) is 0.336. The second kappa shape index (κ2) is 6.23. The predicted octanol–water partition coefficient (Wildman–Crippen LogP) is 2.79. The Morgan fingerprint density at radius 3 is 2.58 bits per heavy atom. The third-order valence-corrected chi connectivity index (χ3v) is 6.10. The predicted molar refractivity (Wildman–Crippen MR) is 92.9 cm³/mol. The number of aryl methyl sites for hydroxylation is 1. The Labute approximate surface area is 143 Å². The van der Waals surface area contributed by atoms with E-state index in [1.165, 1.54) is 24.0 Å². The molecule has 4 nitrogen and oxygen atoms in total. The molecule has 24 heavy (non-hydrogen) atoms. The molecule has 4 rings (SSSR count). The summed E-state index contributed by atoms with van der Waals surface area (Å²) in [5.41, 5.74) is 3.55. The van der Waals surface area contributed by atoms with E-state index in [0.717, 1.165) is 50.8 Å². The van der Waals surface area contributed by atoms with Crippen molar-refractivity contribution in [2.75, 3.05) is 13.1 Å². The van der Waals surface area contributed by atoms with Crippen molar-refractivity contribution < 1.29 is 9.59 Å². The maximum absolute atomic E-state index is 13.3. The molecule has 1 aromatic rings. The van der Waals surface area contributed by atoms with E-state index >= 15 is 0 Å². The Kier molecular flexibility index (Phi) is 4.07. The summed E-state index contributed by atoms with van der Waals surface area (Å²) >= 11 is 0. The average molecular weight is 326 g/mol. The number of benzene rings is 1. The van der Waals surface area contributed by atoms with Gasteiger partial charge in [-0.15, -0.1) is 0 Å². The first kappa shape index (κ1) is 15.7. The van der Waals surface area contributed by atoms with E-state index in [-0.39, 0.29) is 23.9 Å². The summed E-state index contributed by atoms with van der Waals surface area (Å²) in [6.07, 6.45) is 7.48. The molecule has 0 spiro atoms. The second-order valence-electron chi connectivity index (χ2n) is 7.43. The molecule has 0 N–H and O–H groups in total. The van der Waals surface area contributed by atoms with Crippen LogP contribution >= 0.6 is 0 Å². The molecular weight excluding hydrogens is 300 g/mol. The van der Waals surface area contributed by atoms with Crippen LogP contribution in [0, 0.1) is 0 Å². The first-order valence-electron chi connectivity index (χ1n) is 9.36. The zero-order chi connectivity index (χ0) is 16.7. The van der Waals surface area contributed by atoms with Crippen molar-refractivity contribution >= 4 is 11.8 Å². The Bertz CT molecular complexity index is 670. The van der Waals surface area contributed by atoms with Crippen LogP contribution in [-0.4, -0.2) is 46.8 Å². The number of carbonyl (C=O) groups excluding carboxylic acids is 2. The molecular formula is C20H26N2O2. The highest BCUT2D eigenvalue weighted by atomic mass is 16.2. The fourth-order valence-corrected chi connectivity index (χ4v) is 4.97. The minimum atomic E-state index is 0.147. The molecule has 3 aliphatic rings. The lowest BCUT2D eigenvalue weighted by atomic mass is 9.87. The van der Waals surface area contributed by atoms with Crippen molar-refractivity contribution in [1.82, 2.24) is 9.80 Å². The highest BCUT2D eigenvalue weighted by molar-refractivity contribution is 5.96. The standard InChI is InChI=1S/C20H26N2O2/c1-14(23)21-13-11-19-18(21)10-5-12-22(19)20(24)17-9-4-7-15-6-2-3-8-16(15)17/h4,7,9,18-19H,2-3,5-6,8,10-13H2,1H3. The second-order valence-corrected chi connectivity index (χ2v) is 7.43. The van der Waals surface area contributed by atoms with Gasteiger partial charge >= 0.3 is 0 Å². The van der Waals surface area contributed by atoms with Gasteiger partial charge in [0.2, 0.25) is 5.91 Å². The van der Waals surface area contributed by atoms with Crippen molar-refractivity contribution in [2.45, 2.75) is 64.0 Å². The van der Waals surface area contributed by atoms with Crippen molar-refractivity contribution in [3.8, 4) is 0 Å².